The maximum Gasteiger partial charge on any atom is 0.326 e. The van der Waals surface area contributed by atoms with Crippen molar-refractivity contribution in [1.29, 1.82) is 0 Å². The molecule has 0 fully saturated rings. The minimum absolute atomic E-state index is 0.198. The molecule has 34 heavy (non-hydrogen) atoms. The van der Waals surface area contributed by atoms with Crippen LogP contribution in [0.3, 0.4) is 0 Å². The van der Waals surface area contributed by atoms with Crippen molar-refractivity contribution >= 4 is 35.5 Å². The topological polar surface area (TPSA) is 177 Å². The first kappa shape index (κ1) is 32.1. The van der Waals surface area contributed by atoms with E-state index in [9.17, 15) is 24.3 Å². The van der Waals surface area contributed by atoms with Crippen LogP contribution >= 0.6 is 11.8 Å². The van der Waals surface area contributed by atoms with E-state index in [0.717, 1.165) is 0 Å². The third-order valence-electron chi connectivity index (χ3n) is 5.66. The molecule has 0 saturated heterocycles. The average Bonchev–Trinajstić information content (AvgIpc) is 2.77. The quantitative estimate of drug-likeness (QED) is 0.149. The van der Waals surface area contributed by atoms with E-state index in [1.165, 1.54) is 11.8 Å². The Morgan fingerprint density at radius 3 is 2.03 bits per heavy atom. The smallest absolute Gasteiger partial charge is 0.326 e. The van der Waals surface area contributed by atoms with Crippen molar-refractivity contribution < 1.29 is 24.3 Å². The molecule has 5 atom stereocenters. The van der Waals surface area contributed by atoms with Crippen LogP contribution in [0.15, 0.2) is 0 Å². The second-order valence-electron chi connectivity index (χ2n) is 9.13. The molecule has 0 bridgehead atoms. The van der Waals surface area contributed by atoms with E-state index in [1.807, 2.05) is 34.0 Å². The number of carbonyl (C=O) groups excluding carboxylic acids is 3. The highest BCUT2D eigenvalue weighted by Crippen LogP contribution is 2.12. The van der Waals surface area contributed by atoms with Gasteiger partial charge in [0.15, 0.2) is 0 Å². The van der Waals surface area contributed by atoms with Gasteiger partial charge in [-0.05, 0) is 62.5 Å². The molecule has 11 heteroatoms. The second kappa shape index (κ2) is 17.6. The van der Waals surface area contributed by atoms with Crippen molar-refractivity contribution in [3.8, 4) is 0 Å². The Balaban J connectivity index is 5.51. The number of rotatable bonds is 18. The van der Waals surface area contributed by atoms with E-state index in [1.54, 1.807) is 0 Å². The fraction of sp³-hybridized carbons (Fsp3) is 0.826. The van der Waals surface area contributed by atoms with E-state index < -0.39 is 47.9 Å². The number of carboxylic acid groups (broad SMARTS) is 1. The third kappa shape index (κ3) is 12.6. The standard InChI is InChI=1S/C23H45N5O5S/c1-6-15(4)19(28-20(29)16(25)13-14(2)3)22(31)26-17(9-7-8-11-24)21(30)27-18(23(32)33)10-12-34-5/h14-19H,6-13,24-25H2,1-5H3,(H,26,31)(H,27,30)(H,28,29)(H,32,33). The highest BCUT2D eigenvalue weighted by Gasteiger charge is 2.32. The van der Waals surface area contributed by atoms with Crippen LogP contribution in [-0.2, 0) is 19.2 Å². The second-order valence-corrected chi connectivity index (χ2v) is 10.1. The number of hydrogen-bond acceptors (Lipinski definition) is 7. The van der Waals surface area contributed by atoms with Gasteiger partial charge in [-0.25, -0.2) is 4.79 Å². The predicted molar refractivity (Wildman–Crippen MR) is 136 cm³/mol. The summed E-state index contributed by atoms with van der Waals surface area (Å²) < 4.78 is 0. The van der Waals surface area contributed by atoms with Crippen molar-refractivity contribution in [2.45, 2.75) is 90.4 Å². The van der Waals surface area contributed by atoms with E-state index in [0.29, 0.717) is 44.4 Å². The van der Waals surface area contributed by atoms with E-state index in [2.05, 4.69) is 16.0 Å². The lowest BCUT2D eigenvalue weighted by molar-refractivity contribution is -0.142. The van der Waals surface area contributed by atoms with Gasteiger partial charge in [-0.1, -0.05) is 34.1 Å². The summed E-state index contributed by atoms with van der Waals surface area (Å²) in [4.78, 5) is 50.2. The van der Waals surface area contributed by atoms with Gasteiger partial charge >= 0.3 is 5.97 Å². The molecule has 0 aromatic heterocycles. The molecule has 0 aromatic rings. The largest absolute Gasteiger partial charge is 0.480 e. The SMILES string of the molecule is CCC(C)C(NC(=O)C(N)CC(C)C)C(=O)NC(CCCCN)C(=O)NC(CCSC)C(=O)O. The first-order valence-corrected chi connectivity index (χ1v) is 13.5. The fourth-order valence-corrected chi connectivity index (χ4v) is 3.84. The summed E-state index contributed by atoms with van der Waals surface area (Å²) in [5, 5.41) is 17.5. The molecule has 0 saturated carbocycles. The highest BCUT2D eigenvalue weighted by molar-refractivity contribution is 7.98. The molecule has 0 radical (unpaired) electrons. The summed E-state index contributed by atoms with van der Waals surface area (Å²) >= 11 is 1.48. The first-order valence-electron chi connectivity index (χ1n) is 12.1. The molecule has 0 rings (SSSR count). The number of nitrogens with one attached hydrogen (secondary N) is 3. The number of aliphatic carboxylic acids is 1. The average molecular weight is 504 g/mol. The molecule has 0 aliphatic carbocycles. The summed E-state index contributed by atoms with van der Waals surface area (Å²) in [6.07, 6.45) is 4.77. The van der Waals surface area contributed by atoms with Crippen LogP contribution in [0, 0.1) is 11.8 Å². The van der Waals surface area contributed by atoms with Crippen molar-refractivity contribution in [2.24, 2.45) is 23.3 Å². The third-order valence-corrected chi connectivity index (χ3v) is 6.30. The molecule has 0 aliphatic rings. The molecule has 3 amide bonds. The molecule has 8 N–H and O–H groups in total. The zero-order valence-corrected chi connectivity index (χ0v) is 22.1. The number of amides is 3. The van der Waals surface area contributed by atoms with E-state index in [-0.39, 0.29) is 18.3 Å². The minimum Gasteiger partial charge on any atom is -0.480 e. The zero-order chi connectivity index (χ0) is 26.3. The van der Waals surface area contributed by atoms with Gasteiger partial charge in [-0.2, -0.15) is 11.8 Å². The fourth-order valence-electron chi connectivity index (χ4n) is 3.37. The van der Waals surface area contributed by atoms with Gasteiger partial charge in [0.2, 0.25) is 17.7 Å². The molecule has 0 aliphatic heterocycles. The Hall–Kier alpha value is -1.85. The number of hydrogen-bond donors (Lipinski definition) is 6. The Labute approximate surface area is 208 Å². The number of thioether (sulfide) groups is 1. The number of unbranched alkanes of at least 4 members (excludes halogenated alkanes) is 1. The summed E-state index contributed by atoms with van der Waals surface area (Å²) in [6, 6.07) is -3.60. The summed E-state index contributed by atoms with van der Waals surface area (Å²) in [7, 11) is 0. The Morgan fingerprint density at radius 1 is 0.912 bits per heavy atom. The lowest BCUT2D eigenvalue weighted by atomic mass is 9.96. The van der Waals surface area contributed by atoms with Crippen molar-refractivity contribution in [3.63, 3.8) is 0 Å². The van der Waals surface area contributed by atoms with Gasteiger partial charge in [-0.15, -0.1) is 0 Å². The molecular formula is C23H45N5O5S. The molecular weight excluding hydrogens is 458 g/mol. The maximum absolute atomic E-state index is 13.2. The molecule has 10 nitrogen and oxygen atoms in total. The van der Waals surface area contributed by atoms with Gasteiger partial charge < -0.3 is 32.5 Å². The predicted octanol–water partition coefficient (Wildman–Crippen LogP) is 0.827. The lowest BCUT2D eigenvalue weighted by Gasteiger charge is -2.28. The van der Waals surface area contributed by atoms with E-state index >= 15 is 0 Å². The number of nitrogens with two attached hydrogens (primary N) is 2. The zero-order valence-electron chi connectivity index (χ0n) is 21.3. The van der Waals surface area contributed by atoms with Crippen LogP contribution in [-0.4, -0.2) is 71.5 Å². The maximum atomic E-state index is 13.2. The summed E-state index contributed by atoms with van der Waals surface area (Å²) in [5.74, 6) is -2.01. The van der Waals surface area contributed by atoms with Gasteiger partial charge in [0.25, 0.3) is 0 Å². The lowest BCUT2D eigenvalue weighted by Crippen LogP contribution is -2.58. The summed E-state index contributed by atoms with van der Waals surface area (Å²) in [6.45, 7) is 8.10. The van der Waals surface area contributed by atoms with E-state index in [4.69, 9.17) is 11.5 Å². The van der Waals surface area contributed by atoms with Gasteiger partial charge in [-0.3, -0.25) is 14.4 Å². The van der Waals surface area contributed by atoms with Gasteiger partial charge in [0, 0.05) is 0 Å². The van der Waals surface area contributed by atoms with Crippen molar-refractivity contribution in [1.82, 2.24) is 16.0 Å². The highest BCUT2D eigenvalue weighted by atomic mass is 32.2. The van der Waals surface area contributed by atoms with Crippen LogP contribution < -0.4 is 27.4 Å². The number of carboxylic acids is 1. The monoisotopic (exact) mass is 503 g/mol. The van der Waals surface area contributed by atoms with Crippen LogP contribution in [0.2, 0.25) is 0 Å². The van der Waals surface area contributed by atoms with Crippen LogP contribution in [0.1, 0.15) is 66.2 Å². The molecule has 198 valence electrons. The van der Waals surface area contributed by atoms with Crippen LogP contribution in [0.4, 0.5) is 0 Å². The van der Waals surface area contributed by atoms with Gasteiger partial charge in [0.1, 0.15) is 18.1 Å². The van der Waals surface area contributed by atoms with Crippen molar-refractivity contribution in [2.75, 3.05) is 18.6 Å². The van der Waals surface area contributed by atoms with Crippen LogP contribution in [0.25, 0.3) is 0 Å². The first-order chi connectivity index (χ1) is 16.0. The molecule has 0 spiro atoms. The molecule has 0 heterocycles. The minimum atomic E-state index is -1.13. The van der Waals surface area contributed by atoms with Gasteiger partial charge in [0.05, 0.1) is 6.04 Å². The number of carbonyl (C=O) groups is 4. The normalized spacial score (nSPS) is 15.6. The molecule has 5 unspecified atom stereocenters. The molecule has 0 aromatic carbocycles. The Bertz CT molecular complexity index is 649. The Kier molecular flexibility index (Phi) is 16.6. The van der Waals surface area contributed by atoms with Crippen LogP contribution in [0.5, 0.6) is 0 Å². The van der Waals surface area contributed by atoms with Crippen molar-refractivity contribution in [3.05, 3.63) is 0 Å². The Morgan fingerprint density at radius 2 is 1.53 bits per heavy atom. The summed E-state index contributed by atoms with van der Waals surface area (Å²) in [5.41, 5.74) is 11.5.